The van der Waals surface area contributed by atoms with Crippen LogP contribution in [0.4, 0.5) is 0 Å². The largest absolute Gasteiger partial charge is 0.379 e. The molecule has 0 bridgehead atoms. The number of para-hydroxylation sites is 1. The molecule has 2 saturated heterocycles. The molecule has 0 saturated carbocycles. The molecule has 0 amide bonds. The van der Waals surface area contributed by atoms with E-state index in [0.29, 0.717) is 29.4 Å². The van der Waals surface area contributed by atoms with Gasteiger partial charge in [0.1, 0.15) is 4.90 Å². The Kier molecular flexibility index (Phi) is 6.74. The van der Waals surface area contributed by atoms with Crippen LogP contribution >= 0.6 is 0 Å². The summed E-state index contributed by atoms with van der Waals surface area (Å²) in [6.07, 6.45) is 4.42. The van der Waals surface area contributed by atoms with Crippen LogP contribution in [0.2, 0.25) is 0 Å². The van der Waals surface area contributed by atoms with Crippen LogP contribution in [-0.4, -0.2) is 62.0 Å². The molecule has 2 aliphatic heterocycles. The third-order valence-corrected chi connectivity index (χ3v) is 8.77. The molecule has 1 aromatic heterocycles. The van der Waals surface area contributed by atoms with Gasteiger partial charge in [0.2, 0.25) is 10.0 Å². The van der Waals surface area contributed by atoms with Crippen molar-refractivity contribution in [1.29, 1.82) is 0 Å². The molecule has 2 aliphatic rings. The van der Waals surface area contributed by atoms with Gasteiger partial charge < -0.3 is 4.74 Å². The van der Waals surface area contributed by atoms with Gasteiger partial charge in [0.25, 0.3) is 0 Å². The quantitative estimate of drug-likeness (QED) is 0.555. The summed E-state index contributed by atoms with van der Waals surface area (Å²) in [5, 5.41) is 0.852. The Morgan fingerprint density at radius 3 is 2.33 bits per heavy atom. The second kappa shape index (κ2) is 9.89. The maximum absolute atomic E-state index is 13.3. The summed E-state index contributed by atoms with van der Waals surface area (Å²) in [5.41, 5.74) is 3.23. The second-order valence-electron chi connectivity index (χ2n) is 9.09. The van der Waals surface area contributed by atoms with Crippen molar-refractivity contribution in [3.8, 4) is 0 Å². The van der Waals surface area contributed by atoms with Crippen molar-refractivity contribution in [2.24, 2.45) is 5.92 Å². The molecule has 0 atom stereocenters. The highest BCUT2D eigenvalue weighted by Crippen LogP contribution is 2.29. The van der Waals surface area contributed by atoms with Crippen LogP contribution in [0.15, 0.2) is 65.7 Å². The van der Waals surface area contributed by atoms with E-state index in [2.05, 4.69) is 34.1 Å². The van der Waals surface area contributed by atoms with E-state index in [0.717, 1.165) is 57.5 Å². The van der Waals surface area contributed by atoms with Crippen LogP contribution in [-0.2, 0) is 27.7 Å². The summed E-state index contributed by atoms with van der Waals surface area (Å²) in [7, 11) is -3.55. The zero-order valence-corrected chi connectivity index (χ0v) is 19.7. The van der Waals surface area contributed by atoms with Crippen LogP contribution in [0.5, 0.6) is 0 Å². The Balaban J connectivity index is 1.19. The third kappa shape index (κ3) is 5.11. The van der Waals surface area contributed by atoms with Crippen molar-refractivity contribution in [2.45, 2.75) is 30.7 Å². The van der Waals surface area contributed by atoms with E-state index in [1.807, 2.05) is 18.2 Å². The number of benzene rings is 2. The molecule has 0 aliphatic carbocycles. The van der Waals surface area contributed by atoms with E-state index in [1.165, 1.54) is 11.1 Å². The van der Waals surface area contributed by atoms with E-state index in [4.69, 9.17) is 4.74 Å². The Bertz CT molecular complexity index is 1180. The number of aromatic nitrogens is 1. The molecule has 3 aromatic rings. The summed E-state index contributed by atoms with van der Waals surface area (Å²) >= 11 is 0. The summed E-state index contributed by atoms with van der Waals surface area (Å²) in [6, 6.07) is 18.1. The zero-order valence-electron chi connectivity index (χ0n) is 18.9. The number of sulfonamides is 1. The summed E-state index contributed by atoms with van der Waals surface area (Å²) < 4.78 is 33.7. The molecule has 2 aromatic carbocycles. The van der Waals surface area contributed by atoms with Gasteiger partial charge in [-0.05, 0) is 48.4 Å². The fraction of sp³-hybridized carbons (Fsp3) is 0.423. The molecule has 3 heterocycles. The molecule has 0 N–H and O–H groups in total. The first-order valence-electron chi connectivity index (χ1n) is 11.8. The highest BCUT2D eigenvalue weighted by molar-refractivity contribution is 7.89. The van der Waals surface area contributed by atoms with Crippen LogP contribution in [0.1, 0.15) is 24.0 Å². The first-order valence-corrected chi connectivity index (χ1v) is 13.3. The number of nitrogens with zero attached hydrogens (tertiary/aromatic N) is 3. The Hall–Kier alpha value is -2.32. The molecule has 174 valence electrons. The van der Waals surface area contributed by atoms with Gasteiger partial charge in [-0.1, -0.05) is 42.5 Å². The average molecular weight is 466 g/mol. The highest BCUT2D eigenvalue weighted by Gasteiger charge is 2.31. The van der Waals surface area contributed by atoms with E-state index in [1.54, 1.807) is 22.6 Å². The average Bonchev–Trinajstić information content (AvgIpc) is 2.86. The molecule has 0 spiro atoms. The lowest BCUT2D eigenvalue weighted by molar-refractivity contribution is 0.0342. The molecule has 33 heavy (non-hydrogen) atoms. The van der Waals surface area contributed by atoms with Gasteiger partial charge in [-0.15, -0.1) is 0 Å². The lowest BCUT2D eigenvalue weighted by Gasteiger charge is -2.31. The van der Waals surface area contributed by atoms with Gasteiger partial charge in [0.05, 0.1) is 18.7 Å². The van der Waals surface area contributed by atoms with Crippen molar-refractivity contribution >= 4 is 20.9 Å². The number of ether oxygens (including phenoxy) is 1. The predicted octanol–water partition coefficient (Wildman–Crippen LogP) is 3.71. The molecule has 6 nitrogen and oxygen atoms in total. The number of hydrogen-bond acceptors (Lipinski definition) is 5. The SMILES string of the molecule is O=S(=O)(c1cccc2cccnc12)N1CCC(Cc2ccc(CN3CCOCC3)cc2)CC1. The fourth-order valence-corrected chi connectivity index (χ4v) is 6.54. The monoisotopic (exact) mass is 465 g/mol. The maximum Gasteiger partial charge on any atom is 0.245 e. The minimum Gasteiger partial charge on any atom is -0.379 e. The van der Waals surface area contributed by atoms with Gasteiger partial charge in [-0.3, -0.25) is 9.88 Å². The van der Waals surface area contributed by atoms with Crippen molar-refractivity contribution in [3.05, 3.63) is 71.9 Å². The standard InChI is InChI=1S/C26H31N3O3S/c30-33(31,25-5-1-3-24-4-2-12-27-26(24)25)29-13-10-22(11-14-29)19-21-6-8-23(9-7-21)20-28-15-17-32-18-16-28/h1-9,12,22H,10-11,13-20H2. The van der Waals surface area contributed by atoms with Crippen LogP contribution < -0.4 is 0 Å². The lowest BCUT2D eigenvalue weighted by atomic mass is 9.91. The van der Waals surface area contributed by atoms with Gasteiger partial charge >= 0.3 is 0 Å². The molecule has 7 heteroatoms. The maximum atomic E-state index is 13.3. The fourth-order valence-electron chi connectivity index (χ4n) is 4.91. The minimum absolute atomic E-state index is 0.315. The zero-order chi connectivity index (χ0) is 22.7. The number of morpholine rings is 1. The number of piperidine rings is 1. The number of fused-ring (bicyclic) bond motifs is 1. The van der Waals surface area contributed by atoms with Crippen LogP contribution in [0, 0.1) is 5.92 Å². The van der Waals surface area contributed by atoms with E-state index >= 15 is 0 Å². The van der Waals surface area contributed by atoms with Crippen molar-refractivity contribution in [1.82, 2.24) is 14.2 Å². The molecular weight excluding hydrogens is 434 g/mol. The first-order chi connectivity index (χ1) is 16.1. The molecule has 2 fully saturated rings. The molecule has 5 rings (SSSR count). The topological polar surface area (TPSA) is 62.7 Å². The van der Waals surface area contributed by atoms with Crippen molar-refractivity contribution in [2.75, 3.05) is 39.4 Å². The minimum atomic E-state index is -3.55. The predicted molar refractivity (Wildman–Crippen MR) is 129 cm³/mol. The second-order valence-corrected chi connectivity index (χ2v) is 11.0. The third-order valence-electron chi connectivity index (χ3n) is 6.84. The lowest BCUT2D eigenvalue weighted by Crippen LogP contribution is -2.39. The van der Waals surface area contributed by atoms with E-state index in [9.17, 15) is 8.42 Å². The number of rotatable bonds is 6. The summed E-state index contributed by atoms with van der Waals surface area (Å²) in [5.74, 6) is 0.507. The van der Waals surface area contributed by atoms with Crippen LogP contribution in [0.3, 0.4) is 0 Å². The number of pyridine rings is 1. The van der Waals surface area contributed by atoms with Gasteiger partial charge in [0, 0.05) is 44.3 Å². The summed E-state index contributed by atoms with van der Waals surface area (Å²) in [4.78, 5) is 7.09. The summed E-state index contributed by atoms with van der Waals surface area (Å²) in [6.45, 7) is 5.74. The Morgan fingerprint density at radius 2 is 1.58 bits per heavy atom. The first kappa shape index (κ1) is 22.5. The molecule has 0 unspecified atom stereocenters. The Labute approximate surface area is 196 Å². The van der Waals surface area contributed by atoms with Crippen LogP contribution in [0.25, 0.3) is 10.9 Å². The van der Waals surface area contributed by atoms with Gasteiger partial charge in [-0.2, -0.15) is 4.31 Å². The van der Waals surface area contributed by atoms with Gasteiger partial charge in [-0.25, -0.2) is 8.42 Å². The highest BCUT2D eigenvalue weighted by atomic mass is 32.2. The van der Waals surface area contributed by atoms with Gasteiger partial charge in [0.15, 0.2) is 0 Å². The van der Waals surface area contributed by atoms with E-state index in [-0.39, 0.29) is 0 Å². The van der Waals surface area contributed by atoms with Crippen molar-refractivity contribution < 1.29 is 13.2 Å². The van der Waals surface area contributed by atoms with E-state index < -0.39 is 10.0 Å². The molecule has 0 radical (unpaired) electrons. The normalized spacial score (nSPS) is 19.2. The Morgan fingerprint density at radius 1 is 0.879 bits per heavy atom. The molecular formula is C26H31N3O3S. The smallest absolute Gasteiger partial charge is 0.245 e. The number of hydrogen-bond donors (Lipinski definition) is 0. The van der Waals surface area contributed by atoms with Crippen molar-refractivity contribution in [3.63, 3.8) is 0 Å².